The van der Waals surface area contributed by atoms with Crippen molar-refractivity contribution in [1.29, 1.82) is 0 Å². The molecule has 0 aliphatic heterocycles. The van der Waals surface area contributed by atoms with E-state index in [0.717, 1.165) is 0 Å². The number of sulfonamides is 1. The lowest BCUT2D eigenvalue weighted by Crippen LogP contribution is -2.19. The van der Waals surface area contributed by atoms with Gasteiger partial charge in [-0.25, -0.2) is 40.0 Å². The Bertz CT molecular complexity index is 1110. The summed E-state index contributed by atoms with van der Waals surface area (Å²) in [6.45, 7) is 0.470. The Balaban J connectivity index is 1.81. The molecular formula is C16H11F5N4O3S. The quantitative estimate of drug-likeness (QED) is 0.351. The van der Waals surface area contributed by atoms with Crippen LogP contribution in [0.5, 0.6) is 5.75 Å². The molecule has 0 unspecified atom stereocenters. The fourth-order valence-electron chi connectivity index (χ4n) is 2.28. The van der Waals surface area contributed by atoms with Gasteiger partial charge in [0.2, 0.25) is 5.82 Å². The molecule has 3 aromatic rings. The third-order valence-electron chi connectivity index (χ3n) is 3.58. The van der Waals surface area contributed by atoms with Crippen LogP contribution in [0.4, 0.5) is 27.6 Å². The first kappa shape index (κ1) is 20.5. The van der Waals surface area contributed by atoms with Gasteiger partial charge in [0.15, 0.2) is 28.2 Å². The van der Waals surface area contributed by atoms with Crippen LogP contribution in [0.25, 0.3) is 0 Å². The maximum atomic E-state index is 13.8. The van der Waals surface area contributed by atoms with E-state index in [1.54, 1.807) is 4.72 Å². The Morgan fingerprint density at radius 3 is 2.28 bits per heavy atom. The number of hydrogen-bond acceptors (Lipinski definition) is 5. The van der Waals surface area contributed by atoms with Crippen LogP contribution in [0.3, 0.4) is 0 Å². The molecule has 1 aromatic heterocycles. The maximum absolute atomic E-state index is 13.8. The molecule has 0 atom stereocenters. The number of benzene rings is 2. The Kier molecular flexibility index (Phi) is 5.68. The smallest absolute Gasteiger partial charge is 0.267 e. The highest BCUT2D eigenvalue weighted by molar-refractivity contribution is 7.92. The second-order valence-corrected chi connectivity index (χ2v) is 7.16. The molecule has 0 amide bonds. The number of nitrogens with one attached hydrogen (secondary N) is 1. The Morgan fingerprint density at radius 1 is 1.00 bits per heavy atom. The normalized spacial score (nSPS) is 11.5. The number of ether oxygens (including phenoxy) is 1. The second kappa shape index (κ2) is 8.03. The SMILES string of the molecule is O=S(=O)(Nc1cccc(OCCn2cncn2)c1)c1c(F)c(F)c(F)c(F)c1F. The molecule has 0 aliphatic rings. The van der Waals surface area contributed by atoms with Crippen molar-refractivity contribution in [2.24, 2.45) is 0 Å². The molecule has 7 nitrogen and oxygen atoms in total. The molecule has 13 heteroatoms. The van der Waals surface area contributed by atoms with Crippen molar-refractivity contribution >= 4 is 15.7 Å². The van der Waals surface area contributed by atoms with Crippen molar-refractivity contribution in [3.63, 3.8) is 0 Å². The van der Waals surface area contributed by atoms with Gasteiger partial charge in [0.05, 0.1) is 12.2 Å². The number of hydrogen-bond donors (Lipinski definition) is 1. The van der Waals surface area contributed by atoms with Crippen LogP contribution in [-0.4, -0.2) is 29.8 Å². The third-order valence-corrected chi connectivity index (χ3v) is 4.98. The first-order chi connectivity index (χ1) is 13.7. The highest BCUT2D eigenvalue weighted by Crippen LogP contribution is 2.29. The van der Waals surface area contributed by atoms with Crippen LogP contribution in [0, 0.1) is 29.1 Å². The Morgan fingerprint density at radius 2 is 1.66 bits per heavy atom. The molecule has 0 bridgehead atoms. The predicted molar refractivity (Wildman–Crippen MR) is 89.0 cm³/mol. The number of rotatable bonds is 7. The van der Waals surface area contributed by atoms with Crippen molar-refractivity contribution in [1.82, 2.24) is 14.8 Å². The van der Waals surface area contributed by atoms with Crippen LogP contribution in [0.15, 0.2) is 41.8 Å². The Labute approximate surface area is 160 Å². The Hall–Kier alpha value is -3.22. The van der Waals surface area contributed by atoms with Crippen molar-refractivity contribution in [3.8, 4) is 5.75 Å². The molecule has 1 heterocycles. The number of nitrogens with zero attached hydrogens (tertiary/aromatic N) is 3. The molecular weight excluding hydrogens is 423 g/mol. The minimum Gasteiger partial charge on any atom is -0.492 e. The van der Waals surface area contributed by atoms with E-state index in [-0.39, 0.29) is 18.0 Å². The molecule has 0 saturated heterocycles. The van der Waals surface area contributed by atoms with Gasteiger partial charge in [-0.3, -0.25) is 4.72 Å². The molecule has 29 heavy (non-hydrogen) atoms. The van der Waals surface area contributed by atoms with Crippen LogP contribution in [0.2, 0.25) is 0 Å². The van der Waals surface area contributed by atoms with Gasteiger partial charge in [0, 0.05) is 6.07 Å². The summed E-state index contributed by atoms with van der Waals surface area (Å²) in [6, 6.07) is 5.21. The van der Waals surface area contributed by atoms with E-state index < -0.39 is 44.0 Å². The van der Waals surface area contributed by atoms with E-state index in [0.29, 0.717) is 6.54 Å². The summed E-state index contributed by atoms with van der Waals surface area (Å²) in [5.74, 6) is -11.9. The summed E-state index contributed by atoms with van der Waals surface area (Å²) < 4.78 is 100. The van der Waals surface area contributed by atoms with Crippen LogP contribution in [-0.2, 0) is 16.6 Å². The summed E-state index contributed by atoms with van der Waals surface area (Å²) in [6.07, 6.45) is 2.78. The van der Waals surface area contributed by atoms with E-state index in [4.69, 9.17) is 4.74 Å². The lowest BCUT2D eigenvalue weighted by molar-refractivity contribution is 0.291. The summed E-state index contributed by atoms with van der Waals surface area (Å²) >= 11 is 0. The molecule has 0 spiro atoms. The standard InChI is InChI=1S/C16H11F5N4O3S/c17-11-12(18)14(20)16(15(21)13(11)19)29(26,27)24-9-2-1-3-10(6-9)28-5-4-25-8-22-7-23-25/h1-3,6-8,24H,4-5H2. The molecule has 1 N–H and O–H groups in total. The van der Waals surface area contributed by atoms with Gasteiger partial charge in [-0.1, -0.05) is 6.07 Å². The second-order valence-electron chi connectivity index (χ2n) is 5.54. The number of anilines is 1. The van der Waals surface area contributed by atoms with Crippen molar-refractivity contribution in [2.45, 2.75) is 11.4 Å². The van der Waals surface area contributed by atoms with Crippen molar-refractivity contribution in [2.75, 3.05) is 11.3 Å². The first-order valence-corrected chi connectivity index (χ1v) is 9.28. The summed E-state index contributed by atoms with van der Waals surface area (Å²) in [5, 5.41) is 3.86. The van der Waals surface area contributed by atoms with Crippen LogP contribution >= 0.6 is 0 Å². The molecule has 0 aliphatic carbocycles. The van der Waals surface area contributed by atoms with Gasteiger partial charge in [-0.15, -0.1) is 0 Å². The zero-order chi connectivity index (χ0) is 21.2. The van der Waals surface area contributed by atoms with Gasteiger partial charge in [-0.05, 0) is 12.1 Å². The molecule has 0 radical (unpaired) electrons. The van der Waals surface area contributed by atoms with E-state index in [1.165, 1.54) is 41.6 Å². The lowest BCUT2D eigenvalue weighted by Gasteiger charge is -2.12. The number of aromatic nitrogens is 3. The molecule has 2 aromatic carbocycles. The summed E-state index contributed by atoms with van der Waals surface area (Å²) in [4.78, 5) is 1.76. The van der Waals surface area contributed by atoms with E-state index in [2.05, 4.69) is 10.1 Å². The topological polar surface area (TPSA) is 86.1 Å². The lowest BCUT2D eigenvalue weighted by atomic mass is 10.3. The van der Waals surface area contributed by atoms with Gasteiger partial charge in [0.1, 0.15) is 25.0 Å². The minimum atomic E-state index is -5.13. The van der Waals surface area contributed by atoms with E-state index in [9.17, 15) is 30.4 Å². The zero-order valence-corrected chi connectivity index (χ0v) is 15.1. The fourth-order valence-corrected chi connectivity index (χ4v) is 3.47. The zero-order valence-electron chi connectivity index (χ0n) is 14.2. The van der Waals surface area contributed by atoms with Crippen molar-refractivity contribution in [3.05, 3.63) is 66.0 Å². The largest absolute Gasteiger partial charge is 0.492 e. The van der Waals surface area contributed by atoms with Crippen LogP contribution < -0.4 is 9.46 Å². The maximum Gasteiger partial charge on any atom is 0.267 e. The van der Waals surface area contributed by atoms with E-state index in [1.807, 2.05) is 0 Å². The molecule has 154 valence electrons. The first-order valence-electron chi connectivity index (χ1n) is 7.80. The van der Waals surface area contributed by atoms with E-state index >= 15 is 0 Å². The molecule has 0 saturated carbocycles. The molecule has 3 rings (SSSR count). The van der Waals surface area contributed by atoms with Crippen LogP contribution in [0.1, 0.15) is 0 Å². The average Bonchev–Trinajstić information content (AvgIpc) is 3.18. The van der Waals surface area contributed by atoms with Gasteiger partial charge < -0.3 is 4.74 Å². The summed E-state index contributed by atoms with van der Waals surface area (Å²) in [7, 11) is -5.13. The molecule has 0 fully saturated rings. The fraction of sp³-hybridized carbons (Fsp3) is 0.125. The highest BCUT2D eigenvalue weighted by Gasteiger charge is 2.33. The van der Waals surface area contributed by atoms with Gasteiger partial charge in [-0.2, -0.15) is 5.10 Å². The average molecular weight is 434 g/mol. The third kappa shape index (κ3) is 4.29. The minimum absolute atomic E-state index is 0.136. The predicted octanol–water partition coefficient (Wildman–Crippen LogP) is 2.85. The van der Waals surface area contributed by atoms with Crippen molar-refractivity contribution < 1.29 is 35.1 Å². The van der Waals surface area contributed by atoms with Gasteiger partial charge in [0.25, 0.3) is 10.0 Å². The van der Waals surface area contributed by atoms with Gasteiger partial charge >= 0.3 is 0 Å². The highest BCUT2D eigenvalue weighted by atomic mass is 32.2. The summed E-state index contributed by atoms with van der Waals surface area (Å²) in [5.41, 5.74) is -0.216. The monoisotopic (exact) mass is 434 g/mol. The number of halogens is 5.